The number of carboxylic acids is 1. The Morgan fingerprint density at radius 3 is 1.75 bits per heavy atom. The van der Waals surface area contributed by atoms with E-state index < -0.39 is 126 Å². The Labute approximate surface area is 449 Å². The van der Waals surface area contributed by atoms with Crippen LogP contribution in [0.4, 0.5) is 0 Å². The number of carbonyl (C=O) groups excluding carboxylic acids is 9. The summed E-state index contributed by atoms with van der Waals surface area (Å²) in [5, 5.41) is 41.0. The lowest BCUT2D eigenvalue weighted by Crippen LogP contribution is -2.61. The van der Waals surface area contributed by atoms with Crippen LogP contribution in [0.3, 0.4) is 0 Å². The van der Waals surface area contributed by atoms with Gasteiger partial charge in [0.25, 0.3) is 0 Å². The fourth-order valence-electron chi connectivity index (χ4n) is 8.25. The van der Waals surface area contributed by atoms with E-state index in [2.05, 4.69) is 47.5 Å². The van der Waals surface area contributed by atoms with Gasteiger partial charge in [-0.3, -0.25) is 48.1 Å². The van der Waals surface area contributed by atoms with Crippen molar-refractivity contribution in [3.05, 3.63) is 35.9 Å². The van der Waals surface area contributed by atoms with Crippen molar-refractivity contribution in [3.8, 4) is 0 Å². The quantitative estimate of drug-likeness (QED) is 0.0175. The Morgan fingerprint density at radius 1 is 0.662 bits per heavy atom. The second kappa shape index (κ2) is 34.6. The van der Waals surface area contributed by atoms with Crippen molar-refractivity contribution in [1.29, 1.82) is 0 Å². The predicted octanol–water partition coefficient (Wildman–Crippen LogP) is -4.08. The molecular weight excluding hydrogens is 1000 g/mol. The number of carbonyl (C=O) groups is 10. The molecule has 1 heterocycles. The first kappa shape index (κ1) is 66.1. The number of nitrogens with two attached hydrogens (primary N) is 5. The monoisotopic (exact) mass is 1090 g/mol. The third-order valence-corrected chi connectivity index (χ3v) is 12.5. The lowest BCUT2D eigenvalue weighted by atomic mass is 10.0. The molecular formula is C50H85N15O12. The van der Waals surface area contributed by atoms with Gasteiger partial charge >= 0.3 is 5.97 Å². The minimum Gasteiger partial charge on any atom is -0.480 e. The van der Waals surface area contributed by atoms with Crippen LogP contribution in [0.2, 0.25) is 0 Å². The average Bonchev–Trinajstić information content (AvgIpc) is 3.87. The highest BCUT2D eigenvalue weighted by molar-refractivity contribution is 5.98. The number of likely N-dealkylation sites (tertiary alicyclic amines) is 1. The number of aliphatic carboxylic acids is 1. The van der Waals surface area contributed by atoms with Crippen LogP contribution in [0.15, 0.2) is 35.3 Å². The van der Waals surface area contributed by atoms with Crippen molar-refractivity contribution in [2.24, 2.45) is 39.6 Å². The van der Waals surface area contributed by atoms with Crippen LogP contribution in [-0.4, -0.2) is 173 Å². The van der Waals surface area contributed by atoms with Gasteiger partial charge in [0.15, 0.2) is 5.96 Å². The molecule has 20 N–H and O–H groups in total. The molecule has 2 rings (SSSR count). The number of unbranched alkanes of at least 4 members (excludes halogenated alkanes) is 2. The Morgan fingerprint density at radius 2 is 1.19 bits per heavy atom. The molecule has 1 aliphatic rings. The van der Waals surface area contributed by atoms with Gasteiger partial charge in [0.2, 0.25) is 53.2 Å². The summed E-state index contributed by atoms with van der Waals surface area (Å²) in [5.41, 5.74) is 28.5. The topological polar surface area (TPSA) is 453 Å². The first-order valence-corrected chi connectivity index (χ1v) is 26.3. The molecule has 1 saturated heterocycles. The molecule has 1 aromatic carbocycles. The Hall–Kier alpha value is -6.97. The highest BCUT2D eigenvalue weighted by Crippen LogP contribution is 2.21. The lowest BCUT2D eigenvalue weighted by molar-refractivity contribution is -0.142. The number of benzene rings is 1. The number of nitrogens with zero attached hydrogens (tertiary/aromatic N) is 2. The average molecular weight is 1090 g/mol. The molecule has 1 fully saturated rings. The fraction of sp³-hybridized carbons (Fsp3) is 0.660. The third-order valence-electron chi connectivity index (χ3n) is 12.5. The van der Waals surface area contributed by atoms with Crippen molar-refractivity contribution in [2.45, 2.75) is 172 Å². The summed E-state index contributed by atoms with van der Waals surface area (Å²) < 4.78 is 0. The van der Waals surface area contributed by atoms with Gasteiger partial charge in [-0.05, 0) is 116 Å². The van der Waals surface area contributed by atoms with E-state index in [0.29, 0.717) is 57.1 Å². The number of rotatable bonds is 35. The SMILES string of the molecule is CC(C)C[C@H](NC(=O)[C@H](C)N)C(=O)N1CCC[C@H]1C(=O)NCC(=O)N[C@@H](C)C(=O)N[C@@H](Cc1ccccc1)C(=O)N[C@@H](CCCCN)C(=O)N[C@H](C(=O)N[C@@H](CCCN=C(N)N)C(=O)N[C@@H](CCCCN)C(=O)O)[C@@H](C)O. The third kappa shape index (κ3) is 24.3. The van der Waals surface area contributed by atoms with Gasteiger partial charge in [-0.1, -0.05) is 44.2 Å². The molecule has 27 nitrogen and oxygen atoms in total. The van der Waals surface area contributed by atoms with E-state index >= 15 is 0 Å². The van der Waals surface area contributed by atoms with Gasteiger partial charge in [-0.25, -0.2) is 4.79 Å². The van der Waals surface area contributed by atoms with Gasteiger partial charge in [0.1, 0.15) is 48.3 Å². The van der Waals surface area contributed by atoms with Crippen LogP contribution in [0, 0.1) is 5.92 Å². The lowest BCUT2D eigenvalue weighted by Gasteiger charge is -2.30. The van der Waals surface area contributed by atoms with Crippen molar-refractivity contribution < 1.29 is 58.2 Å². The van der Waals surface area contributed by atoms with Gasteiger partial charge < -0.3 is 86.3 Å². The van der Waals surface area contributed by atoms with E-state index in [-0.39, 0.29) is 63.6 Å². The van der Waals surface area contributed by atoms with Crippen LogP contribution < -0.4 is 71.2 Å². The maximum atomic E-state index is 14.2. The molecule has 1 aromatic rings. The molecule has 0 saturated carbocycles. The van der Waals surface area contributed by atoms with Crippen molar-refractivity contribution >= 4 is 65.1 Å². The second-order valence-corrected chi connectivity index (χ2v) is 19.7. The Balaban J connectivity index is 2.27. The van der Waals surface area contributed by atoms with E-state index in [0.717, 1.165) is 0 Å². The predicted molar refractivity (Wildman–Crippen MR) is 285 cm³/mol. The van der Waals surface area contributed by atoms with Gasteiger partial charge in [-0.15, -0.1) is 0 Å². The van der Waals surface area contributed by atoms with Gasteiger partial charge in [0, 0.05) is 19.5 Å². The van der Waals surface area contributed by atoms with Gasteiger partial charge in [0.05, 0.1) is 18.7 Å². The first-order chi connectivity index (χ1) is 36.4. The van der Waals surface area contributed by atoms with E-state index in [9.17, 15) is 58.2 Å². The smallest absolute Gasteiger partial charge is 0.326 e. The van der Waals surface area contributed by atoms with Crippen molar-refractivity contribution in [2.75, 3.05) is 32.7 Å². The summed E-state index contributed by atoms with van der Waals surface area (Å²) in [6.07, 6.45) is 1.18. The fourth-order valence-corrected chi connectivity index (χ4v) is 8.25. The molecule has 0 unspecified atom stereocenters. The number of hydrogen-bond acceptors (Lipinski definition) is 15. The summed E-state index contributed by atoms with van der Waals surface area (Å²) in [5.74, 6) is -8.30. The molecule has 0 radical (unpaired) electrons. The van der Waals surface area contributed by atoms with Crippen molar-refractivity contribution in [1.82, 2.24) is 47.4 Å². The highest BCUT2D eigenvalue weighted by atomic mass is 16.4. The molecule has 0 spiro atoms. The minimum absolute atomic E-state index is 0.0148. The Kier molecular flexibility index (Phi) is 29.8. The molecule has 432 valence electrons. The first-order valence-electron chi connectivity index (χ1n) is 26.3. The number of carboxylic acid groups (broad SMARTS) is 1. The molecule has 27 heteroatoms. The molecule has 9 amide bonds. The summed E-state index contributed by atoms with van der Waals surface area (Å²) in [6.45, 7) is 8.09. The molecule has 0 aliphatic carbocycles. The summed E-state index contributed by atoms with van der Waals surface area (Å²) in [4.78, 5) is 139. The Bertz CT molecular complexity index is 2140. The van der Waals surface area contributed by atoms with E-state index in [1.54, 1.807) is 30.3 Å². The maximum Gasteiger partial charge on any atom is 0.326 e. The number of nitrogens with one attached hydrogen (secondary N) is 8. The van der Waals surface area contributed by atoms with Crippen LogP contribution in [-0.2, 0) is 54.4 Å². The van der Waals surface area contributed by atoms with Crippen LogP contribution in [0.25, 0.3) is 0 Å². The van der Waals surface area contributed by atoms with E-state index in [4.69, 9.17) is 28.7 Å². The largest absolute Gasteiger partial charge is 0.480 e. The summed E-state index contributed by atoms with van der Waals surface area (Å²) in [7, 11) is 0. The number of hydrogen-bond donors (Lipinski definition) is 15. The van der Waals surface area contributed by atoms with E-state index in [1.807, 2.05) is 13.8 Å². The van der Waals surface area contributed by atoms with E-state index in [1.165, 1.54) is 25.7 Å². The zero-order valence-electron chi connectivity index (χ0n) is 45.0. The molecule has 0 bridgehead atoms. The number of aliphatic hydroxyl groups excluding tert-OH is 1. The molecule has 1 aliphatic heterocycles. The summed E-state index contributed by atoms with van der Waals surface area (Å²) >= 11 is 0. The minimum atomic E-state index is -1.71. The van der Waals surface area contributed by atoms with Crippen LogP contribution in [0.5, 0.6) is 0 Å². The standard InChI is InChI=1S/C50H85N15O12/c1-28(2)25-37(63-41(68)29(3)53)48(75)65-24-14-20-38(65)46(73)57-27-39(67)58-30(4)42(69)62-36(26-32-15-7-6-8-16-32)45(72)59-33(17-9-11-21-51)44(71)64-40(31(5)66)47(74)60-34(19-13-23-56-50(54)55)43(70)61-35(49(76)77)18-10-12-22-52/h6-8,15-16,28-31,33-38,40,66H,9-14,17-27,51-53H2,1-5H3,(H,57,73)(H,58,67)(H,59,72)(H,60,74)(H,61,70)(H,62,69)(H,63,68)(H,64,71)(H,76,77)(H4,54,55,56)/t29-,30-,31+,33-,34-,35-,36-,37-,38-,40-/m0/s1. The molecule has 77 heavy (non-hydrogen) atoms. The summed E-state index contributed by atoms with van der Waals surface area (Å²) in [6, 6.07) is -2.52. The molecule has 10 atom stereocenters. The number of guanidine groups is 1. The molecule has 0 aromatic heterocycles. The normalized spacial score (nSPS) is 16.6. The number of aliphatic hydroxyl groups is 1. The second-order valence-electron chi connectivity index (χ2n) is 19.7. The highest BCUT2D eigenvalue weighted by Gasteiger charge is 2.39. The zero-order chi connectivity index (χ0) is 57.8. The van der Waals surface area contributed by atoms with Gasteiger partial charge in [-0.2, -0.15) is 0 Å². The zero-order valence-corrected chi connectivity index (χ0v) is 45.0. The van der Waals surface area contributed by atoms with Crippen LogP contribution in [0.1, 0.15) is 111 Å². The van der Waals surface area contributed by atoms with Crippen LogP contribution >= 0.6 is 0 Å². The number of aliphatic imine (C=N–C) groups is 1. The number of amides is 9. The van der Waals surface area contributed by atoms with Crippen molar-refractivity contribution in [3.63, 3.8) is 0 Å². The maximum absolute atomic E-state index is 14.2.